The van der Waals surface area contributed by atoms with Crippen LogP contribution in [0.5, 0.6) is 11.5 Å². The fraction of sp³-hybridized carbons (Fsp3) is 0.562. The van der Waals surface area contributed by atoms with Gasteiger partial charge in [0.2, 0.25) is 10.0 Å². The van der Waals surface area contributed by atoms with Crippen LogP contribution in [0.3, 0.4) is 0 Å². The first-order chi connectivity index (χ1) is 11.8. The molecule has 0 unspecified atom stereocenters. The SMILES string of the molecule is CCN(CCCNC(N)=NCc1ccc(OC)c(OC)c1)S(C)(=O)=O. The average Bonchev–Trinajstić information content (AvgIpc) is 2.58. The number of guanidine groups is 1. The molecule has 1 aromatic rings. The maximum absolute atomic E-state index is 11.5. The third-order valence-corrected chi connectivity index (χ3v) is 4.97. The number of hydrogen-bond acceptors (Lipinski definition) is 5. The van der Waals surface area contributed by atoms with Crippen LogP contribution in [0.25, 0.3) is 0 Å². The third kappa shape index (κ3) is 7.18. The number of nitrogens with one attached hydrogen (secondary N) is 1. The summed E-state index contributed by atoms with van der Waals surface area (Å²) in [5.41, 5.74) is 6.78. The van der Waals surface area contributed by atoms with Gasteiger partial charge in [-0.1, -0.05) is 13.0 Å². The Labute approximate surface area is 150 Å². The maximum Gasteiger partial charge on any atom is 0.211 e. The van der Waals surface area contributed by atoms with E-state index in [4.69, 9.17) is 15.2 Å². The summed E-state index contributed by atoms with van der Waals surface area (Å²) >= 11 is 0. The molecule has 0 aliphatic carbocycles. The van der Waals surface area contributed by atoms with Gasteiger partial charge in [-0.25, -0.2) is 17.7 Å². The van der Waals surface area contributed by atoms with Crippen molar-refractivity contribution in [1.29, 1.82) is 0 Å². The molecule has 0 heterocycles. The van der Waals surface area contributed by atoms with E-state index in [2.05, 4.69) is 10.3 Å². The second kappa shape index (κ2) is 10.1. The highest BCUT2D eigenvalue weighted by atomic mass is 32.2. The van der Waals surface area contributed by atoms with Crippen LogP contribution >= 0.6 is 0 Å². The molecule has 25 heavy (non-hydrogen) atoms. The summed E-state index contributed by atoms with van der Waals surface area (Å²) < 4.78 is 34.8. The van der Waals surface area contributed by atoms with E-state index in [9.17, 15) is 8.42 Å². The zero-order chi connectivity index (χ0) is 18.9. The minimum absolute atomic E-state index is 0.317. The van der Waals surface area contributed by atoms with Crippen molar-refractivity contribution < 1.29 is 17.9 Å². The first kappa shape index (κ1) is 21.0. The van der Waals surface area contributed by atoms with Crippen molar-refractivity contribution in [2.45, 2.75) is 19.9 Å². The molecule has 0 fully saturated rings. The highest BCUT2D eigenvalue weighted by Crippen LogP contribution is 2.27. The van der Waals surface area contributed by atoms with Crippen LogP contribution in [0.15, 0.2) is 23.2 Å². The summed E-state index contributed by atoms with van der Waals surface area (Å²) in [7, 11) is 0.0122. The van der Waals surface area contributed by atoms with E-state index in [0.717, 1.165) is 5.56 Å². The van der Waals surface area contributed by atoms with E-state index in [0.29, 0.717) is 50.1 Å². The van der Waals surface area contributed by atoms with Gasteiger partial charge in [0.15, 0.2) is 17.5 Å². The van der Waals surface area contributed by atoms with Gasteiger partial charge in [0.1, 0.15) is 0 Å². The minimum atomic E-state index is -3.15. The van der Waals surface area contributed by atoms with E-state index in [1.54, 1.807) is 14.2 Å². The first-order valence-electron chi connectivity index (χ1n) is 8.01. The molecule has 0 atom stereocenters. The standard InChI is InChI=1S/C16H28N4O4S/c1-5-20(25(4,21)22)10-6-9-18-16(17)19-12-13-7-8-14(23-2)15(11-13)24-3/h7-8,11H,5-6,9-10,12H2,1-4H3,(H3,17,18,19). The Morgan fingerprint density at radius 1 is 1.28 bits per heavy atom. The van der Waals surface area contributed by atoms with Gasteiger partial charge < -0.3 is 20.5 Å². The predicted octanol–water partition coefficient (Wildman–Crippen LogP) is 0.780. The zero-order valence-corrected chi connectivity index (χ0v) is 16.1. The molecular formula is C16H28N4O4S. The summed E-state index contributed by atoms with van der Waals surface area (Å²) in [6.45, 7) is 3.68. The van der Waals surface area contributed by atoms with Crippen LogP contribution in [0, 0.1) is 0 Å². The average molecular weight is 372 g/mol. The summed E-state index contributed by atoms with van der Waals surface area (Å²) in [6, 6.07) is 5.56. The van der Waals surface area contributed by atoms with Gasteiger partial charge in [0, 0.05) is 19.6 Å². The second-order valence-electron chi connectivity index (χ2n) is 5.43. The van der Waals surface area contributed by atoms with Crippen molar-refractivity contribution in [2.75, 3.05) is 40.1 Å². The maximum atomic E-state index is 11.5. The lowest BCUT2D eigenvalue weighted by Crippen LogP contribution is -2.36. The van der Waals surface area contributed by atoms with Crippen molar-refractivity contribution in [2.24, 2.45) is 10.7 Å². The molecule has 0 saturated carbocycles. The van der Waals surface area contributed by atoms with Crippen molar-refractivity contribution in [3.05, 3.63) is 23.8 Å². The number of rotatable bonds is 10. The fourth-order valence-electron chi connectivity index (χ4n) is 2.24. The van der Waals surface area contributed by atoms with Gasteiger partial charge in [-0.3, -0.25) is 0 Å². The monoisotopic (exact) mass is 372 g/mol. The molecule has 0 aliphatic heterocycles. The molecule has 9 heteroatoms. The summed E-state index contributed by atoms with van der Waals surface area (Å²) in [5.74, 6) is 1.62. The lowest BCUT2D eigenvalue weighted by Gasteiger charge is -2.17. The molecule has 1 rings (SSSR count). The van der Waals surface area contributed by atoms with E-state index < -0.39 is 10.0 Å². The number of sulfonamides is 1. The van der Waals surface area contributed by atoms with Gasteiger partial charge in [-0.15, -0.1) is 0 Å². The van der Waals surface area contributed by atoms with Crippen molar-refractivity contribution in [1.82, 2.24) is 9.62 Å². The molecule has 0 radical (unpaired) electrons. The van der Waals surface area contributed by atoms with Crippen molar-refractivity contribution >= 4 is 16.0 Å². The van der Waals surface area contributed by atoms with E-state index >= 15 is 0 Å². The lowest BCUT2D eigenvalue weighted by atomic mass is 10.2. The number of nitrogens with zero attached hydrogens (tertiary/aromatic N) is 2. The highest BCUT2D eigenvalue weighted by Gasteiger charge is 2.13. The Morgan fingerprint density at radius 3 is 2.52 bits per heavy atom. The molecule has 142 valence electrons. The number of methoxy groups -OCH3 is 2. The van der Waals surface area contributed by atoms with Crippen LogP contribution < -0.4 is 20.5 Å². The number of benzene rings is 1. The van der Waals surface area contributed by atoms with Gasteiger partial charge in [0.25, 0.3) is 0 Å². The smallest absolute Gasteiger partial charge is 0.211 e. The van der Waals surface area contributed by atoms with Gasteiger partial charge >= 0.3 is 0 Å². The van der Waals surface area contributed by atoms with Crippen LogP contribution in [0.2, 0.25) is 0 Å². The zero-order valence-electron chi connectivity index (χ0n) is 15.3. The Kier molecular flexibility index (Phi) is 8.50. The Bertz CT molecular complexity index is 677. The topological polar surface area (TPSA) is 106 Å². The van der Waals surface area contributed by atoms with Crippen LogP contribution in [-0.2, 0) is 16.6 Å². The summed E-state index contributed by atoms with van der Waals surface area (Å²) in [4.78, 5) is 4.27. The first-order valence-corrected chi connectivity index (χ1v) is 9.86. The number of ether oxygens (including phenoxy) is 2. The molecule has 0 bridgehead atoms. The van der Waals surface area contributed by atoms with Gasteiger partial charge in [0.05, 0.1) is 27.0 Å². The van der Waals surface area contributed by atoms with E-state index in [-0.39, 0.29) is 0 Å². The molecule has 0 aromatic heterocycles. The minimum Gasteiger partial charge on any atom is -0.493 e. The quantitative estimate of drug-likeness (QED) is 0.357. The number of hydrogen-bond donors (Lipinski definition) is 2. The third-order valence-electron chi connectivity index (χ3n) is 3.59. The van der Waals surface area contributed by atoms with Crippen molar-refractivity contribution in [3.63, 3.8) is 0 Å². The molecule has 3 N–H and O–H groups in total. The Balaban J connectivity index is 2.46. The Hall–Kier alpha value is -2.00. The van der Waals surface area contributed by atoms with Crippen LogP contribution in [0.4, 0.5) is 0 Å². The van der Waals surface area contributed by atoms with Gasteiger partial charge in [-0.05, 0) is 24.1 Å². The molecule has 0 saturated heterocycles. The molecule has 0 amide bonds. The predicted molar refractivity (Wildman–Crippen MR) is 99.6 cm³/mol. The number of nitrogens with two attached hydrogens (primary N) is 1. The largest absolute Gasteiger partial charge is 0.493 e. The van der Waals surface area contributed by atoms with Crippen LogP contribution in [0.1, 0.15) is 18.9 Å². The normalized spacial score (nSPS) is 12.3. The van der Waals surface area contributed by atoms with Crippen molar-refractivity contribution in [3.8, 4) is 11.5 Å². The molecule has 0 spiro atoms. The molecule has 8 nitrogen and oxygen atoms in total. The van der Waals surface area contributed by atoms with Crippen LogP contribution in [-0.4, -0.2) is 58.8 Å². The second-order valence-corrected chi connectivity index (χ2v) is 7.41. The summed E-state index contributed by atoms with van der Waals surface area (Å²) in [6.07, 6.45) is 1.86. The Morgan fingerprint density at radius 2 is 1.96 bits per heavy atom. The van der Waals surface area contributed by atoms with Gasteiger partial charge in [-0.2, -0.15) is 0 Å². The summed E-state index contributed by atoms with van der Waals surface area (Å²) in [5, 5.41) is 2.99. The van der Waals surface area contributed by atoms with E-state index in [1.165, 1.54) is 10.6 Å². The number of aliphatic imine (C=N–C) groups is 1. The molecule has 1 aromatic carbocycles. The fourth-order valence-corrected chi connectivity index (χ4v) is 3.17. The van der Waals surface area contributed by atoms with E-state index in [1.807, 2.05) is 25.1 Å². The highest BCUT2D eigenvalue weighted by molar-refractivity contribution is 7.88. The lowest BCUT2D eigenvalue weighted by molar-refractivity contribution is 0.354. The molecule has 0 aliphatic rings. The molecular weight excluding hydrogens is 344 g/mol.